The average molecular weight is 693 g/mol. The molecule has 0 atom stereocenters. The van der Waals surface area contributed by atoms with E-state index in [4.69, 9.17) is 49.2 Å². The lowest BCUT2D eigenvalue weighted by molar-refractivity contribution is -0.138. The second-order valence-electron chi connectivity index (χ2n) is 10.3. The maximum Gasteiger partial charge on any atom is 0.305 e. The average Bonchev–Trinajstić information content (AvgIpc) is 3.10. The summed E-state index contributed by atoms with van der Waals surface area (Å²) in [5.74, 6) is -1.07. The first-order valence-corrected chi connectivity index (χ1v) is 16.4. The van der Waals surface area contributed by atoms with E-state index in [-0.39, 0.29) is 31.1 Å². The van der Waals surface area contributed by atoms with Gasteiger partial charge in [0.1, 0.15) is 0 Å². The summed E-state index contributed by atoms with van der Waals surface area (Å²) in [5, 5.41) is 18.5. The van der Waals surface area contributed by atoms with Gasteiger partial charge in [-0.05, 0) is 31.9 Å². The van der Waals surface area contributed by atoms with E-state index in [9.17, 15) is 14.4 Å². The van der Waals surface area contributed by atoms with E-state index in [2.05, 4.69) is 12.2 Å². The number of aliphatic carboxylic acids is 1. The van der Waals surface area contributed by atoms with Gasteiger partial charge in [0, 0.05) is 48.7 Å². The van der Waals surface area contributed by atoms with Crippen molar-refractivity contribution in [2.45, 2.75) is 32.6 Å². The van der Waals surface area contributed by atoms with Crippen LogP contribution >= 0.6 is 0 Å². The van der Waals surface area contributed by atoms with Crippen molar-refractivity contribution < 1.29 is 57.8 Å². The zero-order chi connectivity index (χ0) is 36.0. The number of nitrogens with two attached hydrogens (primary N) is 1. The fourth-order valence-electron chi connectivity index (χ4n) is 4.26. The van der Waals surface area contributed by atoms with Crippen molar-refractivity contribution in [2.75, 3.05) is 97.7 Å². The van der Waals surface area contributed by atoms with Gasteiger partial charge in [0.2, 0.25) is 0 Å². The Balaban J connectivity index is 0.000000535. The fourth-order valence-corrected chi connectivity index (χ4v) is 4.26. The van der Waals surface area contributed by atoms with Gasteiger partial charge in [-0.2, -0.15) is 0 Å². The summed E-state index contributed by atoms with van der Waals surface area (Å²) < 4.78 is 31.8. The molecule has 0 saturated carbocycles. The number of hydrogen-bond acceptors (Lipinski definition) is 12. The van der Waals surface area contributed by atoms with E-state index in [1.165, 1.54) is 0 Å². The molecule has 3 rings (SSSR count). The lowest BCUT2D eigenvalue weighted by atomic mass is 9.83. The number of nitrogens with one attached hydrogen (secondary N) is 1. The molecule has 1 aliphatic carbocycles. The third-order valence-corrected chi connectivity index (χ3v) is 6.52. The van der Waals surface area contributed by atoms with Crippen LogP contribution in [0.2, 0.25) is 0 Å². The van der Waals surface area contributed by atoms with Crippen molar-refractivity contribution in [3.8, 4) is 0 Å². The molecule has 2 aromatic rings. The summed E-state index contributed by atoms with van der Waals surface area (Å²) in [5.41, 5.74) is 7.83. The molecule has 0 unspecified atom stereocenters. The topological polar surface area (TPSA) is 202 Å². The number of carbonyl (C=O) groups is 4. The highest BCUT2D eigenvalue weighted by molar-refractivity contribution is 6.30. The van der Waals surface area contributed by atoms with Crippen LogP contribution in [0.5, 0.6) is 0 Å². The van der Waals surface area contributed by atoms with Crippen LogP contribution in [-0.2, 0) is 38.0 Å². The predicted molar refractivity (Wildman–Crippen MR) is 183 cm³/mol. The van der Waals surface area contributed by atoms with Gasteiger partial charge in [-0.25, -0.2) is 0 Å². The van der Waals surface area contributed by atoms with Crippen LogP contribution in [0.4, 0.5) is 5.69 Å². The van der Waals surface area contributed by atoms with Crippen molar-refractivity contribution in [3.63, 3.8) is 0 Å². The monoisotopic (exact) mass is 692 g/mol. The van der Waals surface area contributed by atoms with Crippen LogP contribution in [0.1, 0.15) is 64.4 Å². The number of carbonyl (C=O) groups excluding carboxylic acids is 2. The number of carboxylic acid groups (broad SMARTS) is 2. The van der Waals surface area contributed by atoms with Gasteiger partial charge >= 0.3 is 5.97 Å². The maximum absolute atomic E-state index is 13.0. The number of ether oxygens (including phenoxy) is 6. The van der Waals surface area contributed by atoms with E-state index in [0.717, 1.165) is 25.9 Å². The zero-order valence-electron chi connectivity index (χ0n) is 28.4. The van der Waals surface area contributed by atoms with Gasteiger partial charge in [0.05, 0.1) is 71.4 Å². The molecule has 0 bridgehead atoms. The van der Waals surface area contributed by atoms with Crippen LogP contribution in [-0.4, -0.2) is 127 Å². The van der Waals surface area contributed by atoms with Gasteiger partial charge in [0.15, 0.2) is 11.6 Å². The van der Waals surface area contributed by atoms with Gasteiger partial charge < -0.3 is 49.7 Å². The molecule has 1 aliphatic rings. The Hall–Kier alpha value is -3.76. The van der Waals surface area contributed by atoms with Crippen LogP contribution < -0.4 is 11.1 Å². The number of fused-ring (bicyclic) bond motifs is 2. The molecule has 0 radical (unpaired) electrons. The molecule has 5 N–H and O–H groups in total. The molecular formula is C35H52N2O12. The normalized spacial score (nSPS) is 11.4. The van der Waals surface area contributed by atoms with Gasteiger partial charge in [-0.15, -0.1) is 0 Å². The maximum atomic E-state index is 13.0. The number of hydrogen-bond donors (Lipinski definition) is 4. The summed E-state index contributed by atoms with van der Waals surface area (Å²) in [7, 11) is 0. The minimum absolute atomic E-state index is 0.0300. The summed E-state index contributed by atoms with van der Waals surface area (Å²) in [6.07, 6.45) is 2.68. The van der Waals surface area contributed by atoms with Crippen molar-refractivity contribution in [2.24, 2.45) is 5.73 Å². The minimum atomic E-state index is -0.853. The third-order valence-electron chi connectivity index (χ3n) is 6.52. The van der Waals surface area contributed by atoms with E-state index in [0.29, 0.717) is 107 Å². The number of ketones is 2. The summed E-state index contributed by atoms with van der Waals surface area (Å²) >= 11 is 0. The molecule has 0 heterocycles. The Kier molecular flexibility index (Phi) is 25.8. The molecule has 14 nitrogen and oxygen atoms in total. The smallest absolute Gasteiger partial charge is 0.305 e. The molecule has 0 aromatic heterocycles. The Bertz CT molecular complexity index is 1210. The first kappa shape index (κ1) is 43.3. The molecule has 14 heteroatoms. The zero-order valence-corrected chi connectivity index (χ0v) is 28.4. The van der Waals surface area contributed by atoms with Crippen molar-refractivity contribution in [1.82, 2.24) is 0 Å². The van der Waals surface area contributed by atoms with Crippen LogP contribution in [0, 0.1) is 0 Å². The number of anilines is 1. The fraction of sp³-hybridized carbons (Fsp3) is 0.543. The van der Waals surface area contributed by atoms with E-state index < -0.39 is 5.97 Å². The summed E-state index contributed by atoms with van der Waals surface area (Å²) in [4.78, 5) is 44.2. The predicted octanol–water partition coefficient (Wildman–Crippen LogP) is 3.28. The largest absolute Gasteiger partial charge is 0.483 e. The molecule has 0 spiro atoms. The lowest BCUT2D eigenvalue weighted by Crippen LogP contribution is -2.22. The van der Waals surface area contributed by atoms with E-state index in [1.54, 1.807) is 36.4 Å². The van der Waals surface area contributed by atoms with Crippen LogP contribution in [0.25, 0.3) is 0 Å². The Morgan fingerprint density at radius 3 is 1.69 bits per heavy atom. The van der Waals surface area contributed by atoms with Gasteiger partial charge in [0.25, 0.3) is 6.47 Å². The SMILES string of the molecule is CCCOCCOCCOCCCNc1cccc2c1C(=O)c1ccccc1C2=O.NCCCOCCOCCOCCC(=O)O.O=CO. The van der Waals surface area contributed by atoms with Crippen molar-refractivity contribution in [3.05, 3.63) is 64.7 Å². The highest BCUT2D eigenvalue weighted by Crippen LogP contribution is 2.31. The summed E-state index contributed by atoms with van der Waals surface area (Å²) in [6, 6.07) is 12.3. The number of benzene rings is 2. The standard InChI is InChI=1S/C24H29NO5.C10H21NO5.CH2O2/c1-2-12-28-14-16-30-17-15-29-13-6-11-25-21-10-5-9-20-22(21)24(27)19-8-4-3-7-18(19)23(20)26;11-3-1-4-14-6-8-16-9-7-15-5-2-10(12)13;2-1-3/h3-5,7-10,25H,2,6,11-17H2,1H3;1-9,11H2,(H,12,13);1H,(H,2,3). The Labute approximate surface area is 288 Å². The summed E-state index contributed by atoms with van der Waals surface area (Å²) in [6.45, 7) is 9.58. The van der Waals surface area contributed by atoms with E-state index in [1.807, 2.05) is 6.07 Å². The van der Waals surface area contributed by atoms with Gasteiger partial charge in [-0.3, -0.25) is 19.2 Å². The molecular weight excluding hydrogens is 640 g/mol. The van der Waals surface area contributed by atoms with Crippen molar-refractivity contribution >= 4 is 29.7 Å². The highest BCUT2D eigenvalue weighted by atomic mass is 16.5. The molecule has 0 amide bonds. The van der Waals surface area contributed by atoms with Crippen LogP contribution in [0.15, 0.2) is 42.5 Å². The van der Waals surface area contributed by atoms with E-state index >= 15 is 0 Å². The second kappa shape index (κ2) is 29.2. The molecule has 274 valence electrons. The van der Waals surface area contributed by atoms with Crippen molar-refractivity contribution in [1.29, 1.82) is 0 Å². The first-order valence-electron chi connectivity index (χ1n) is 16.4. The molecule has 2 aromatic carbocycles. The molecule has 0 fully saturated rings. The quantitative estimate of drug-likeness (QED) is 0.0744. The second-order valence-corrected chi connectivity index (χ2v) is 10.3. The Morgan fingerprint density at radius 2 is 1.16 bits per heavy atom. The number of rotatable bonds is 25. The molecule has 49 heavy (non-hydrogen) atoms. The van der Waals surface area contributed by atoms with Gasteiger partial charge in [-0.1, -0.05) is 43.3 Å². The highest BCUT2D eigenvalue weighted by Gasteiger charge is 2.31. The molecule has 0 aliphatic heterocycles. The molecule has 0 saturated heterocycles. The number of carboxylic acids is 1. The minimum Gasteiger partial charge on any atom is -0.483 e. The van der Waals surface area contributed by atoms with Crippen LogP contribution in [0.3, 0.4) is 0 Å². The Morgan fingerprint density at radius 1 is 0.694 bits per heavy atom. The lowest BCUT2D eigenvalue weighted by Gasteiger charge is -2.20. The third kappa shape index (κ3) is 19.1. The first-order chi connectivity index (χ1) is 23.9.